The van der Waals surface area contributed by atoms with Crippen LogP contribution in [0.2, 0.25) is 10.0 Å². The minimum Gasteiger partial charge on any atom is -0.350 e. The van der Waals surface area contributed by atoms with Gasteiger partial charge in [-0.25, -0.2) is 0 Å². The fourth-order valence-corrected chi connectivity index (χ4v) is 5.43. The van der Waals surface area contributed by atoms with Gasteiger partial charge >= 0.3 is 0 Å². The largest absolute Gasteiger partial charge is 0.350 e. The Balaban J connectivity index is 1.86. The molecule has 0 heterocycles. The molecule has 0 bridgehead atoms. The number of hydrogen-bond donors (Lipinski definition) is 1. The smallest absolute Gasteiger partial charge is 0.243 e. The number of carbonyl (C=O) groups excluding carboxylic acids is 2. The van der Waals surface area contributed by atoms with Crippen molar-refractivity contribution in [2.75, 3.05) is 5.75 Å². The maximum Gasteiger partial charge on any atom is 0.243 e. The molecule has 0 unspecified atom stereocenters. The van der Waals surface area contributed by atoms with Gasteiger partial charge in [0, 0.05) is 34.3 Å². The first-order valence-electron chi connectivity index (χ1n) is 11.8. The number of carbonyl (C=O) groups is 2. The van der Waals surface area contributed by atoms with Crippen LogP contribution in [0.4, 0.5) is 0 Å². The van der Waals surface area contributed by atoms with Crippen LogP contribution in [-0.4, -0.2) is 34.0 Å². The summed E-state index contributed by atoms with van der Waals surface area (Å²) < 4.78 is 0. The second-order valence-corrected chi connectivity index (χ2v) is 11.4. The van der Waals surface area contributed by atoms with Gasteiger partial charge in [0.05, 0.1) is 5.75 Å². The quantitative estimate of drug-likeness (QED) is 0.307. The van der Waals surface area contributed by atoms with Crippen LogP contribution in [0, 0.1) is 0 Å². The molecule has 1 atom stereocenters. The molecule has 7 heteroatoms. The van der Waals surface area contributed by atoms with Gasteiger partial charge in [-0.15, -0.1) is 11.8 Å². The second kappa shape index (κ2) is 13.2. The van der Waals surface area contributed by atoms with Crippen LogP contribution in [0.15, 0.2) is 78.9 Å². The van der Waals surface area contributed by atoms with Gasteiger partial charge in [-0.3, -0.25) is 9.59 Å². The third-order valence-electron chi connectivity index (χ3n) is 5.50. The third kappa shape index (κ3) is 8.58. The number of nitrogens with one attached hydrogen (secondary N) is 1. The second-order valence-electron chi connectivity index (χ2n) is 9.65. The van der Waals surface area contributed by atoms with Crippen LogP contribution in [0.1, 0.15) is 37.5 Å². The zero-order valence-corrected chi connectivity index (χ0v) is 23.2. The van der Waals surface area contributed by atoms with Crippen molar-refractivity contribution in [2.24, 2.45) is 0 Å². The molecule has 1 N–H and O–H groups in total. The highest BCUT2D eigenvalue weighted by Gasteiger charge is 2.32. The first-order valence-corrected chi connectivity index (χ1v) is 13.7. The average molecular weight is 544 g/mol. The zero-order chi connectivity index (χ0) is 26.1. The van der Waals surface area contributed by atoms with Crippen molar-refractivity contribution < 1.29 is 9.59 Å². The number of amides is 2. The van der Waals surface area contributed by atoms with Crippen LogP contribution < -0.4 is 5.32 Å². The van der Waals surface area contributed by atoms with E-state index in [0.29, 0.717) is 28.8 Å². The first-order chi connectivity index (χ1) is 17.1. The Hall–Kier alpha value is -2.47. The molecular weight excluding hydrogens is 511 g/mol. The van der Waals surface area contributed by atoms with Crippen LogP contribution in [0.5, 0.6) is 0 Å². The van der Waals surface area contributed by atoms with E-state index >= 15 is 0 Å². The number of nitrogens with zero attached hydrogens (tertiary/aromatic N) is 1. The Morgan fingerprint density at radius 1 is 0.861 bits per heavy atom. The molecule has 0 aromatic heterocycles. The van der Waals surface area contributed by atoms with Gasteiger partial charge in [0.25, 0.3) is 0 Å². The molecule has 36 heavy (non-hydrogen) atoms. The molecule has 0 aliphatic heterocycles. The summed E-state index contributed by atoms with van der Waals surface area (Å²) in [5, 5.41) is 4.24. The summed E-state index contributed by atoms with van der Waals surface area (Å²) in [7, 11) is 0. The third-order valence-corrected chi connectivity index (χ3v) is 7.15. The van der Waals surface area contributed by atoms with E-state index in [1.807, 2.05) is 81.4 Å². The summed E-state index contributed by atoms with van der Waals surface area (Å²) in [5.41, 5.74) is 2.34. The monoisotopic (exact) mass is 542 g/mol. The number of hydrogen-bond acceptors (Lipinski definition) is 3. The lowest BCUT2D eigenvalue weighted by Gasteiger charge is -2.34. The van der Waals surface area contributed by atoms with E-state index < -0.39 is 11.6 Å². The highest BCUT2D eigenvalue weighted by molar-refractivity contribution is 7.99. The summed E-state index contributed by atoms with van der Waals surface area (Å²) >= 11 is 14.1. The highest BCUT2D eigenvalue weighted by Crippen LogP contribution is 2.28. The molecule has 0 saturated heterocycles. The predicted molar refractivity (Wildman–Crippen MR) is 151 cm³/mol. The summed E-state index contributed by atoms with van der Waals surface area (Å²) in [4.78, 5) is 28.9. The van der Waals surface area contributed by atoms with E-state index in [0.717, 1.165) is 16.7 Å². The molecule has 2 amide bonds. The maximum absolute atomic E-state index is 13.7. The number of rotatable bonds is 10. The summed E-state index contributed by atoms with van der Waals surface area (Å²) in [6.45, 7) is 6.16. The van der Waals surface area contributed by atoms with Crippen molar-refractivity contribution in [1.29, 1.82) is 0 Å². The lowest BCUT2D eigenvalue weighted by atomic mass is 10.0. The van der Waals surface area contributed by atoms with Gasteiger partial charge in [0.15, 0.2) is 0 Å². The van der Waals surface area contributed by atoms with E-state index in [1.54, 1.807) is 23.1 Å². The normalized spacial score (nSPS) is 12.1. The predicted octanol–water partition coefficient (Wildman–Crippen LogP) is 6.78. The Morgan fingerprint density at radius 3 is 1.97 bits per heavy atom. The van der Waals surface area contributed by atoms with E-state index in [2.05, 4.69) is 5.32 Å². The topological polar surface area (TPSA) is 49.4 Å². The first kappa shape index (κ1) is 28.1. The van der Waals surface area contributed by atoms with Crippen LogP contribution in [0.3, 0.4) is 0 Å². The van der Waals surface area contributed by atoms with Gasteiger partial charge in [0.2, 0.25) is 11.8 Å². The number of halogens is 2. The molecule has 0 aliphatic carbocycles. The lowest BCUT2D eigenvalue weighted by molar-refractivity contribution is -0.140. The molecule has 3 aromatic rings. The summed E-state index contributed by atoms with van der Waals surface area (Å²) in [5.74, 6) is 0.412. The fraction of sp³-hybridized carbons (Fsp3) is 0.310. The zero-order valence-electron chi connectivity index (χ0n) is 20.8. The van der Waals surface area contributed by atoms with Crippen molar-refractivity contribution in [1.82, 2.24) is 10.2 Å². The minimum absolute atomic E-state index is 0.114. The lowest BCUT2D eigenvalue weighted by Crippen LogP contribution is -2.54. The van der Waals surface area contributed by atoms with Crippen molar-refractivity contribution >= 4 is 46.8 Å². The fourth-order valence-electron chi connectivity index (χ4n) is 3.78. The number of thioether (sulfide) groups is 1. The highest BCUT2D eigenvalue weighted by atomic mass is 35.5. The van der Waals surface area contributed by atoms with E-state index in [4.69, 9.17) is 23.2 Å². The molecule has 0 fully saturated rings. The Labute approximate surface area is 228 Å². The van der Waals surface area contributed by atoms with Crippen LogP contribution in [0.25, 0.3) is 0 Å². The summed E-state index contributed by atoms with van der Waals surface area (Å²) in [6, 6.07) is 24.3. The molecule has 190 valence electrons. The van der Waals surface area contributed by atoms with Gasteiger partial charge < -0.3 is 10.2 Å². The molecular formula is C29H32Cl2N2O2S. The molecule has 4 nitrogen and oxygen atoms in total. The Bertz CT molecular complexity index is 1130. The molecule has 3 rings (SSSR count). The molecule has 0 aliphatic rings. The Kier molecular flexibility index (Phi) is 10.3. The van der Waals surface area contributed by atoms with Gasteiger partial charge in [-0.05, 0) is 49.6 Å². The van der Waals surface area contributed by atoms with E-state index in [1.165, 1.54) is 11.8 Å². The molecule has 0 saturated carbocycles. The SMILES string of the molecule is CC(C)(C)NC(=O)[C@@H](Cc1ccccc1)N(Cc1ccccc1)C(=O)CSCc1c(Cl)cccc1Cl. The minimum atomic E-state index is -0.663. The van der Waals surface area contributed by atoms with Gasteiger partial charge in [-0.2, -0.15) is 0 Å². The summed E-state index contributed by atoms with van der Waals surface area (Å²) in [6.07, 6.45) is 0.419. The molecule has 0 radical (unpaired) electrons. The van der Waals surface area contributed by atoms with Crippen LogP contribution in [-0.2, 0) is 28.3 Å². The maximum atomic E-state index is 13.7. The Morgan fingerprint density at radius 2 is 1.42 bits per heavy atom. The van der Waals surface area contributed by atoms with Gasteiger partial charge in [0.1, 0.15) is 6.04 Å². The van der Waals surface area contributed by atoms with Gasteiger partial charge in [-0.1, -0.05) is 89.9 Å². The van der Waals surface area contributed by atoms with E-state index in [-0.39, 0.29) is 17.6 Å². The van der Waals surface area contributed by atoms with Crippen molar-refractivity contribution in [3.8, 4) is 0 Å². The van der Waals surface area contributed by atoms with E-state index in [9.17, 15) is 9.59 Å². The van der Waals surface area contributed by atoms with Crippen LogP contribution >= 0.6 is 35.0 Å². The van der Waals surface area contributed by atoms with Crippen molar-refractivity contribution in [3.63, 3.8) is 0 Å². The van der Waals surface area contributed by atoms with Crippen molar-refractivity contribution in [3.05, 3.63) is 106 Å². The number of benzene rings is 3. The molecule has 3 aromatic carbocycles. The standard InChI is InChI=1S/C29H32Cl2N2O2S/c1-29(2,3)32-28(35)26(17-21-11-6-4-7-12-21)33(18-22-13-8-5-9-14-22)27(34)20-36-19-23-24(30)15-10-16-25(23)31/h4-16,26H,17-20H2,1-3H3,(H,32,35)/t26-/m1/s1. The molecule has 0 spiro atoms. The van der Waals surface area contributed by atoms with Crippen molar-refractivity contribution in [2.45, 2.75) is 51.1 Å². The average Bonchev–Trinajstić information content (AvgIpc) is 2.83.